The third kappa shape index (κ3) is 3.23. The average Bonchev–Trinajstić information content (AvgIpc) is 3.00. The molecule has 4 aliphatic rings. The molecule has 0 aliphatic heterocycles. The van der Waals surface area contributed by atoms with Crippen LogP contribution in [-0.2, 0) is 14.3 Å². The summed E-state index contributed by atoms with van der Waals surface area (Å²) in [6, 6.07) is 0. The zero-order valence-corrected chi connectivity index (χ0v) is 17.1. The summed E-state index contributed by atoms with van der Waals surface area (Å²) >= 11 is 0. The van der Waals surface area contributed by atoms with Crippen molar-refractivity contribution in [2.75, 3.05) is 13.2 Å². The van der Waals surface area contributed by atoms with E-state index in [-0.39, 0.29) is 5.97 Å². The van der Waals surface area contributed by atoms with E-state index >= 15 is 0 Å². The molecule has 4 aliphatic carbocycles. The third-order valence-electron chi connectivity index (χ3n) is 9.14. The number of rotatable bonds is 4. The number of ether oxygens (including phenoxy) is 2. The molecule has 0 saturated heterocycles. The molecular weight excluding hydrogens is 324 g/mol. The van der Waals surface area contributed by atoms with Gasteiger partial charge in [0.2, 0.25) is 0 Å². The fourth-order valence-electron chi connectivity index (χ4n) is 7.76. The van der Waals surface area contributed by atoms with Gasteiger partial charge < -0.3 is 9.47 Å². The molecule has 4 saturated carbocycles. The van der Waals surface area contributed by atoms with Gasteiger partial charge in [0.15, 0.2) is 0 Å². The standard InChI is InChI=1S/C23H38O3/c1-16(24)25-13-14-26-18-8-12-23(3)17(15-18)6-7-19-20-5-4-10-22(20,2)11-9-21(19)23/h17-21H,4-15H2,1-3H3/t17-,18-,19-,20-,21-,22-,23-/m0/s1. The Morgan fingerprint density at radius 1 is 0.962 bits per heavy atom. The Hall–Kier alpha value is -0.570. The van der Waals surface area contributed by atoms with Crippen LogP contribution in [0.2, 0.25) is 0 Å². The molecule has 26 heavy (non-hydrogen) atoms. The van der Waals surface area contributed by atoms with Gasteiger partial charge in [-0.15, -0.1) is 0 Å². The monoisotopic (exact) mass is 362 g/mol. The quantitative estimate of drug-likeness (QED) is 0.498. The van der Waals surface area contributed by atoms with E-state index in [1.165, 1.54) is 71.1 Å². The van der Waals surface area contributed by atoms with Gasteiger partial charge in [-0.1, -0.05) is 20.3 Å². The van der Waals surface area contributed by atoms with Gasteiger partial charge in [0.1, 0.15) is 6.61 Å². The molecule has 3 heteroatoms. The van der Waals surface area contributed by atoms with Gasteiger partial charge in [0.25, 0.3) is 0 Å². The predicted octanol–water partition coefficient (Wildman–Crippen LogP) is 5.37. The highest BCUT2D eigenvalue weighted by Gasteiger charge is 2.57. The van der Waals surface area contributed by atoms with Crippen LogP contribution in [0.1, 0.15) is 85.0 Å². The third-order valence-corrected chi connectivity index (χ3v) is 9.14. The van der Waals surface area contributed by atoms with Crippen molar-refractivity contribution in [3.8, 4) is 0 Å². The molecular formula is C23H38O3. The molecule has 0 unspecified atom stereocenters. The topological polar surface area (TPSA) is 35.5 Å². The number of esters is 1. The Morgan fingerprint density at radius 2 is 1.81 bits per heavy atom. The second-order valence-electron chi connectivity index (χ2n) is 10.3. The van der Waals surface area contributed by atoms with Crippen molar-refractivity contribution in [2.45, 2.75) is 91.1 Å². The van der Waals surface area contributed by atoms with Crippen LogP contribution < -0.4 is 0 Å². The average molecular weight is 363 g/mol. The van der Waals surface area contributed by atoms with E-state index in [0.29, 0.717) is 30.1 Å². The summed E-state index contributed by atoms with van der Waals surface area (Å²) in [6.07, 6.45) is 14.4. The lowest BCUT2D eigenvalue weighted by Crippen LogP contribution is -2.53. The van der Waals surface area contributed by atoms with Crippen LogP contribution in [0, 0.1) is 34.5 Å². The Bertz CT molecular complexity index is 532. The largest absolute Gasteiger partial charge is 0.463 e. The lowest BCUT2D eigenvalue weighted by molar-refractivity contribution is -0.147. The fourth-order valence-corrected chi connectivity index (χ4v) is 7.76. The van der Waals surface area contributed by atoms with Crippen molar-refractivity contribution in [1.82, 2.24) is 0 Å². The molecule has 0 bridgehead atoms. The molecule has 0 amide bonds. The lowest BCUT2D eigenvalue weighted by atomic mass is 9.45. The van der Waals surface area contributed by atoms with Crippen LogP contribution in [0.4, 0.5) is 0 Å². The van der Waals surface area contributed by atoms with Crippen molar-refractivity contribution >= 4 is 5.97 Å². The SMILES string of the molecule is CC(=O)OCCO[C@H]1CC[C@@]2(C)[C@@H](CC[C@H]3[C@@H]4CCC[C@@]4(C)CC[C@@H]32)C1. The van der Waals surface area contributed by atoms with Gasteiger partial charge in [0.05, 0.1) is 12.7 Å². The summed E-state index contributed by atoms with van der Waals surface area (Å²) in [5.41, 5.74) is 1.21. The van der Waals surface area contributed by atoms with Gasteiger partial charge >= 0.3 is 5.97 Å². The molecule has 148 valence electrons. The molecule has 0 radical (unpaired) electrons. The van der Waals surface area contributed by atoms with E-state index in [1.54, 1.807) is 0 Å². The number of carbonyl (C=O) groups is 1. The summed E-state index contributed by atoms with van der Waals surface area (Å²) in [7, 11) is 0. The minimum absolute atomic E-state index is 0.209. The molecule has 0 spiro atoms. The van der Waals surface area contributed by atoms with E-state index in [1.807, 2.05) is 0 Å². The van der Waals surface area contributed by atoms with Gasteiger partial charge in [-0.2, -0.15) is 0 Å². The van der Waals surface area contributed by atoms with E-state index in [9.17, 15) is 4.79 Å². The van der Waals surface area contributed by atoms with E-state index in [2.05, 4.69) is 13.8 Å². The summed E-state index contributed by atoms with van der Waals surface area (Å²) in [5, 5.41) is 0. The maximum atomic E-state index is 10.9. The second kappa shape index (κ2) is 7.11. The first-order chi connectivity index (χ1) is 12.4. The minimum atomic E-state index is -0.209. The summed E-state index contributed by atoms with van der Waals surface area (Å²) in [6.45, 7) is 7.65. The van der Waals surface area contributed by atoms with E-state index < -0.39 is 0 Å². The Morgan fingerprint density at radius 3 is 2.62 bits per heavy atom. The van der Waals surface area contributed by atoms with Crippen LogP contribution in [0.3, 0.4) is 0 Å². The van der Waals surface area contributed by atoms with Gasteiger partial charge in [-0.25, -0.2) is 0 Å². The van der Waals surface area contributed by atoms with E-state index in [0.717, 1.165) is 23.7 Å². The molecule has 3 nitrogen and oxygen atoms in total. The van der Waals surface area contributed by atoms with Gasteiger partial charge in [-0.05, 0) is 92.3 Å². The van der Waals surface area contributed by atoms with Crippen LogP contribution in [0.5, 0.6) is 0 Å². The van der Waals surface area contributed by atoms with Crippen molar-refractivity contribution in [3.05, 3.63) is 0 Å². The maximum Gasteiger partial charge on any atom is 0.302 e. The molecule has 4 fully saturated rings. The van der Waals surface area contributed by atoms with Crippen LogP contribution in [0.25, 0.3) is 0 Å². The Labute approximate surface area is 159 Å². The van der Waals surface area contributed by atoms with Gasteiger partial charge in [0, 0.05) is 6.92 Å². The highest BCUT2D eigenvalue weighted by Crippen LogP contribution is 2.66. The van der Waals surface area contributed by atoms with Crippen LogP contribution in [0.15, 0.2) is 0 Å². The second-order valence-corrected chi connectivity index (χ2v) is 10.3. The molecule has 0 N–H and O–H groups in total. The molecule has 0 heterocycles. The van der Waals surface area contributed by atoms with E-state index in [4.69, 9.17) is 9.47 Å². The highest BCUT2D eigenvalue weighted by atomic mass is 16.6. The molecule has 4 rings (SSSR count). The van der Waals surface area contributed by atoms with Crippen molar-refractivity contribution in [2.24, 2.45) is 34.5 Å². The molecule has 0 aromatic rings. The minimum Gasteiger partial charge on any atom is -0.463 e. The molecule has 7 atom stereocenters. The summed E-state index contributed by atoms with van der Waals surface area (Å²) in [5.74, 6) is 3.59. The Kier molecular flexibility index (Phi) is 5.14. The van der Waals surface area contributed by atoms with Crippen LogP contribution in [-0.4, -0.2) is 25.3 Å². The first-order valence-corrected chi connectivity index (χ1v) is 11.2. The summed E-state index contributed by atoms with van der Waals surface area (Å²) < 4.78 is 11.1. The predicted molar refractivity (Wildman–Crippen MR) is 103 cm³/mol. The number of hydrogen-bond donors (Lipinski definition) is 0. The fraction of sp³-hybridized carbons (Fsp3) is 0.957. The first-order valence-electron chi connectivity index (χ1n) is 11.2. The smallest absolute Gasteiger partial charge is 0.302 e. The Balaban J connectivity index is 1.37. The summed E-state index contributed by atoms with van der Waals surface area (Å²) in [4.78, 5) is 10.9. The van der Waals surface area contributed by atoms with Crippen molar-refractivity contribution < 1.29 is 14.3 Å². The molecule has 0 aromatic heterocycles. The number of hydrogen-bond acceptors (Lipinski definition) is 3. The first kappa shape index (κ1) is 18.8. The van der Waals surface area contributed by atoms with Crippen molar-refractivity contribution in [3.63, 3.8) is 0 Å². The lowest BCUT2D eigenvalue weighted by Gasteiger charge is -2.60. The highest BCUT2D eigenvalue weighted by molar-refractivity contribution is 5.65. The maximum absolute atomic E-state index is 10.9. The number of fused-ring (bicyclic) bond motifs is 5. The zero-order chi connectivity index (χ0) is 18.4. The van der Waals surface area contributed by atoms with Crippen LogP contribution >= 0.6 is 0 Å². The van der Waals surface area contributed by atoms with Gasteiger partial charge in [-0.3, -0.25) is 4.79 Å². The normalized spacial score (nSPS) is 47.6. The molecule has 0 aromatic carbocycles. The number of carbonyl (C=O) groups excluding carboxylic acids is 1. The zero-order valence-electron chi connectivity index (χ0n) is 17.1. The van der Waals surface area contributed by atoms with Crippen molar-refractivity contribution in [1.29, 1.82) is 0 Å².